The first kappa shape index (κ1) is 14.1. The first-order valence-electron chi connectivity index (χ1n) is 6.16. The number of carbonyl (C=O) groups is 1. The molecule has 0 aliphatic rings. The second-order valence-corrected chi connectivity index (χ2v) is 4.49. The van der Waals surface area contributed by atoms with Crippen LogP contribution in [0.2, 0.25) is 0 Å². The quantitative estimate of drug-likeness (QED) is 0.862. The van der Waals surface area contributed by atoms with Crippen LogP contribution in [0.4, 0.5) is 4.39 Å². The highest BCUT2D eigenvalue weighted by Gasteiger charge is 2.20. The largest absolute Gasteiger partial charge is 0.493 e. The van der Waals surface area contributed by atoms with Gasteiger partial charge in [-0.15, -0.1) is 0 Å². The van der Waals surface area contributed by atoms with E-state index >= 15 is 0 Å². The Morgan fingerprint density at radius 3 is 2.70 bits per heavy atom. The molecular formula is C15H16FNO3. The lowest BCUT2D eigenvalue weighted by Gasteiger charge is -2.17. The van der Waals surface area contributed by atoms with Gasteiger partial charge in [0.05, 0.1) is 19.2 Å². The van der Waals surface area contributed by atoms with Crippen molar-refractivity contribution in [2.75, 3.05) is 14.2 Å². The maximum atomic E-state index is 13.6. The van der Waals surface area contributed by atoms with Gasteiger partial charge >= 0.3 is 0 Å². The summed E-state index contributed by atoms with van der Waals surface area (Å²) in [4.78, 5) is 13.8. The molecule has 106 valence electrons. The van der Waals surface area contributed by atoms with Crippen LogP contribution in [0.1, 0.15) is 21.9 Å². The third-order valence-corrected chi connectivity index (χ3v) is 2.94. The first-order chi connectivity index (χ1) is 9.52. The third kappa shape index (κ3) is 2.82. The Bertz CT molecular complexity index is 621. The number of hydrogen-bond acceptors (Lipinski definition) is 3. The molecule has 1 heterocycles. The van der Waals surface area contributed by atoms with Crippen LogP contribution in [0, 0.1) is 12.7 Å². The van der Waals surface area contributed by atoms with Gasteiger partial charge in [-0.05, 0) is 31.2 Å². The van der Waals surface area contributed by atoms with Crippen LogP contribution >= 0.6 is 0 Å². The Morgan fingerprint density at radius 2 is 2.10 bits per heavy atom. The van der Waals surface area contributed by atoms with Crippen molar-refractivity contribution in [3.63, 3.8) is 0 Å². The first-order valence-corrected chi connectivity index (χ1v) is 6.16. The molecule has 0 N–H and O–H groups in total. The molecule has 4 nitrogen and oxygen atoms in total. The number of para-hydroxylation sites is 1. The van der Waals surface area contributed by atoms with E-state index in [4.69, 9.17) is 9.15 Å². The van der Waals surface area contributed by atoms with E-state index in [1.165, 1.54) is 30.2 Å². The fourth-order valence-electron chi connectivity index (χ4n) is 1.97. The summed E-state index contributed by atoms with van der Waals surface area (Å²) in [6, 6.07) is 7.91. The number of benzene rings is 1. The molecule has 0 fully saturated rings. The van der Waals surface area contributed by atoms with Gasteiger partial charge in [0, 0.05) is 7.05 Å². The predicted octanol–water partition coefficient (Wildman–Crippen LogP) is 3.01. The second-order valence-electron chi connectivity index (χ2n) is 4.49. The van der Waals surface area contributed by atoms with Crippen LogP contribution in [0.5, 0.6) is 5.75 Å². The van der Waals surface area contributed by atoms with Gasteiger partial charge in [-0.3, -0.25) is 4.79 Å². The Morgan fingerprint density at radius 1 is 1.35 bits per heavy atom. The van der Waals surface area contributed by atoms with E-state index in [9.17, 15) is 9.18 Å². The van der Waals surface area contributed by atoms with E-state index in [0.29, 0.717) is 12.3 Å². The molecule has 0 atom stereocenters. The maximum Gasteiger partial charge on any atom is 0.257 e. The number of furan rings is 1. The summed E-state index contributed by atoms with van der Waals surface area (Å²) in [7, 11) is 2.97. The Hall–Kier alpha value is -2.30. The van der Waals surface area contributed by atoms with Crippen LogP contribution in [0.3, 0.4) is 0 Å². The minimum Gasteiger partial charge on any atom is -0.493 e. The zero-order valence-electron chi connectivity index (χ0n) is 11.6. The molecule has 1 amide bonds. The average molecular weight is 277 g/mol. The second kappa shape index (κ2) is 5.77. The highest BCUT2D eigenvalue weighted by atomic mass is 19.1. The number of amides is 1. The molecule has 20 heavy (non-hydrogen) atoms. The lowest BCUT2D eigenvalue weighted by Crippen LogP contribution is -2.26. The monoisotopic (exact) mass is 277 g/mol. The Balaban J connectivity index is 2.20. The van der Waals surface area contributed by atoms with E-state index < -0.39 is 5.82 Å². The molecule has 0 saturated heterocycles. The van der Waals surface area contributed by atoms with Crippen molar-refractivity contribution in [1.82, 2.24) is 4.90 Å². The number of carbonyl (C=O) groups excluding carboxylic acids is 1. The standard InChI is InChI=1S/C15H16FNO3/c1-10-7-8-11(20-10)9-17(2)15(18)12-5-4-6-13(16)14(12)19-3/h4-8H,9H2,1-3H3. The van der Waals surface area contributed by atoms with Gasteiger partial charge < -0.3 is 14.1 Å². The van der Waals surface area contributed by atoms with Crippen LogP contribution in [-0.2, 0) is 6.54 Å². The molecule has 0 spiro atoms. The van der Waals surface area contributed by atoms with Gasteiger partial charge in [0.1, 0.15) is 11.5 Å². The molecule has 0 saturated carbocycles. The zero-order chi connectivity index (χ0) is 14.7. The summed E-state index contributed by atoms with van der Waals surface area (Å²) < 4.78 is 24.0. The number of ether oxygens (including phenoxy) is 1. The third-order valence-electron chi connectivity index (χ3n) is 2.94. The number of nitrogens with zero attached hydrogens (tertiary/aromatic N) is 1. The van der Waals surface area contributed by atoms with Gasteiger partial charge in [0.15, 0.2) is 11.6 Å². The molecule has 0 radical (unpaired) electrons. The van der Waals surface area contributed by atoms with Gasteiger partial charge in [0.25, 0.3) is 5.91 Å². The summed E-state index contributed by atoms with van der Waals surface area (Å²) >= 11 is 0. The van der Waals surface area contributed by atoms with Gasteiger partial charge in [-0.1, -0.05) is 6.07 Å². The van der Waals surface area contributed by atoms with Gasteiger partial charge in [-0.2, -0.15) is 0 Å². The van der Waals surface area contributed by atoms with E-state index in [1.54, 1.807) is 7.05 Å². The highest BCUT2D eigenvalue weighted by molar-refractivity contribution is 5.96. The van der Waals surface area contributed by atoms with Crippen LogP contribution in [0.15, 0.2) is 34.7 Å². The summed E-state index contributed by atoms with van der Waals surface area (Å²) in [5.41, 5.74) is 0.193. The molecular weight excluding hydrogens is 261 g/mol. The van der Waals surface area contributed by atoms with Crippen molar-refractivity contribution in [1.29, 1.82) is 0 Å². The maximum absolute atomic E-state index is 13.6. The molecule has 0 bridgehead atoms. The number of hydrogen-bond donors (Lipinski definition) is 0. The van der Waals surface area contributed by atoms with Gasteiger partial charge in [-0.25, -0.2) is 4.39 Å². The molecule has 2 aromatic rings. The fourth-order valence-corrected chi connectivity index (χ4v) is 1.97. The summed E-state index contributed by atoms with van der Waals surface area (Å²) in [6.45, 7) is 2.15. The molecule has 5 heteroatoms. The highest BCUT2D eigenvalue weighted by Crippen LogP contribution is 2.24. The van der Waals surface area contributed by atoms with Crippen molar-refractivity contribution < 1.29 is 18.3 Å². The van der Waals surface area contributed by atoms with Crippen LogP contribution in [0.25, 0.3) is 0 Å². The molecule has 1 aromatic carbocycles. The Labute approximate surface area is 116 Å². The Kier molecular flexibility index (Phi) is 4.08. The van der Waals surface area contributed by atoms with Crippen LogP contribution < -0.4 is 4.74 Å². The van der Waals surface area contributed by atoms with Crippen LogP contribution in [-0.4, -0.2) is 25.0 Å². The molecule has 0 aliphatic carbocycles. The number of halogens is 1. The molecule has 2 rings (SSSR count). The van der Waals surface area contributed by atoms with Crippen molar-refractivity contribution >= 4 is 5.91 Å². The van der Waals surface area contributed by atoms with Crippen molar-refractivity contribution in [3.8, 4) is 5.75 Å². The molecule has 1 aromatic heterocycles. The summed E-state index contributed by atoms with van der Waals surface area (Å²) in [5, 5.41) is 0. The van der Waals surface area contributed by atoms with E-state index in [1.807, 2.05) is 19.1 Å². The number of aryl methyl sites for hydroxylation is 1. The SMILES string of the molecule is COc1c(F)cccc1C(=O)N(C)Cc1ccc(C)o1. The molecule has 0 aliphatic heterocycles. The van der Waals surface area contributed by atoms with E-state index in [0.717, 1.165) is 5.76 Å². The fraction of sp³-hybridized carbons (Fsp3) is 0.267. The lowest BCUT2D eigenvalue weighted by atomic mass is 10.1. The summed E-state index contributed by atoms with van der Waals surface area (Å²) in [6.07, 6.45) is 0. The predicted molar refractivity (Wildman–Crippen MR) is 72.2 cm³/mol. The van der Waals surface area contributed by atoms with Crippen molar-refractivity contribution in [3.05, 3.63) is 53.2 Å². The smallest absolute Gasteiger partial charge is 0.257 e. The van der Waals surface area contributed by atoms with Crippen molar-refractivity contribution in [2.24, 2.45) is 0 Å². The summed E-state index contributed by atoms with van der Waals surface area (Å²) in [5.74, 6) is 0.536. The topological polar surface area (TPSA) is 42.7 Å². The van der Waals surface area contributed by atoms with E-state index in [2.05, 4.69) is 0 Å². The molecule has 0 unspecified atom stereocenters. The zero-order valence-corrected chi connectivity index (χ0v) is 11.6. The lowest BCUT2D eigenvalue weighted by molar-refractivity contribution is 0.0770. The van der Waals surface area contributed by atoms with Gasteiger partial charge in [0.2, 0.25) is 0 Å². The average Bonchev–Trinajstić information content (AvgIpc) is 2.82. The minimum atomic E-state index is -0.555. The van der Waals surface area contributed by atoms with E-state index in [-0.39, 0.29) is 17.2 Å². The van der Waals surface area contributed by atoms with Crippen molar-refractivity contribution in [2.45, 2.75) is 13.5 Å². The number of rotatable bonds is 4. The minimum absolute atomic E-state index is 0.0417. The number of methoxy groups -OCH3 is 1. The normalized spacial score (nSPS) is 10.4.